The van der Waals surface area contributed by atoms with Crippen LogP contribution in [0.2, 0.25) is 5.02 Å². The van der Waals surface area contributed by atoms with Gasteiger partial charge in [0.15, 0.2) is 11.5 Å². The summed E-state index contributed by atoms with van der Waals surface area (Å²) in [6.45, 7) is 0.444. The lowest BCUT2D eigenvalue weighted by molar-refractivity contribution is -0.116. The van der Waals surface area contributed by atoms with Crippen molar-refractivity contribution < 1.29 is 22.7 Å². The van der Waals surface area contributed by atoms with Crippen molar-refractivity contribution >= 4 is 33.2 Å². The number of halogens is 1. The normalized spacial score (nSPS) is 13.5. The van der Waals surface area contributed by atoms with Crippen LogP contribution in [0.4, 0.5) is 5.69 Å². The Labute approximate surface area is 156 Å². The Hall–Kier alpha value is -2.29. The summed E-state index contributed by atoms with van der Waals surface area (Å²) in [6, 6.07) is 10.9. The average Bonchev–Trinajstić information content (AvgIpc) is 2.63. The van der Waals surface area contributed by atoms with E-state index in [0.29, 0.717) is 35.4 Å². The van der Waals surface area contributed by atoms with Gasteiger partial charge in [0.1, 0.15) is 13.2 Å². The molecule has 0 atom stereocenters. The molecule has 2 aromatic rings. The van der Waals surface area contributed by atoms with E-state index in [1.165, 1.54) is 19.2 Å². The van der Waals surface area contributed by atoms with Crippen molar-refractivity contribution in [3.8, 4) is 11.5 Å². The van der Waals surface area contributed by atoms with Gasteiger partial charge in [-0.2, -0.15) is 4.31 Å². The van der Waals surface area contributed by atoms with Crippen LogP contribution in [0.1, 0.15) is 0 Å². The molecule has 0 unspecified atom stereocenters. The average molecular weight is 397 g/mol. The van der Waals surface area contributed by atoms with E-state index in [-0.39, 0.29) is 11.4 Å². The van der Waals surface area contributed by atoms with E-state index in [9.17, 15) is 13.2 Å². The molecule has 1 aliphatic heterocycles. The maximum Gasteiger partial charge on any atom is 0.243 e. The fraction of sp³-hybridized carbons (Fsp3) is 0.235. The number of rotatable bonds is 5. The van der Waals surface area contributed by atoms with Crippen LogP contribution in [0.3, 0.4) is 0 Å². The molecule has 0 aliphatic carbocycles. The zero-order valence-corrected chi connectivity index (χ0v) is 15.5. The van der Waals surface area contributed by atoms with E-state index in [1.807, 2.05) is 0 Å². The summed E-state index contributed by atoms with van der Waals surface area (Å²) >= 11 is 5.79. The fourth-order valence-electron chi connectivity index (χ4n) is 2.39. The number of carbonyl (C=O) groups excluding carboxylic acids is 1. The van der Waals surface area contributed by atoms with E-state index in [0.717, 1.165) is 4.31 Å². The molecule has 0 spiro atoms. The smallest absolute Gasteiger partial charge is 0.243 e. The molecule has 0 fully saturated rings. The summed E-state index contributed by atoms with van der Waals surface area (Å²) in [5.74, 6) is 0.408. The number of carbonyl (C=O) groups is 1. The maximum absolute atomic E-state index is 12.7. The molecule has 1 heterocycles. The molecule has 7 nitrogen and oxygen atoms in total. The zero-order chi connectivity index (χ0) is 18.7. The monoisotopic (exact) mass is 396 g/mol. The van der Waals surface area contributed by atoms with Crippen molar-refractivity contribution in [2.75, 3.05) is 32.1 Å². The number of likely N-dealkylation sites (N-methyl/N-ethyl adjacent to an activating group) is 1. The second-order valence-corrected chi connectivity index (χ2v) is 8.10. The van der Waals surface area contributed by atoms with Crippen LogP contribution < -0.4 is 14.8 Å². The van der Waals surface area contributed by atoms with Gasteiger partial charge in [-0.1, -0.05) is 11.6 Å². The number of benzene rings is 2. The molecule has 9 heteroatoms. The molecule has 0 bridgehead atoms. The summed E-state index contributed by atoms with van der Waals surface area (Å²) in [5, 5.41) is 3.17. The minimum atomic E-state index is -3.85. The van der Waals surface area contributed by atoms with Crippen LogP contribution >= 0.6 is 11.6 Å². The van der Waals surface area contributed by atoms with Crippen molar-refractivity contribution in [2.45, 2.75) is 4.90 Å². The Kier molecular flexibility index (Phi) is 5.36. The Balaban J connectivity index is 1.70. The zero-order valence-electron chi connectivity index (χ0n) is 13.9. The quantitative estimate of drug-likeness (QED) is 0.838. The Morgan fingerprint density at radius 2 is 1.77 bits per heavy atom. The van der Waals surface area contributed by atoms with Gasteiger partial charge in [-0.3, -0.25) is 4.79 Å². The third-order valence-electron chi connectivity index (χ3n) is 3.72. The number of sulfonamides is 1. The lowest BCUT2D eigenvalue weighted by atomic mass is 10.3. The minimum absolute atomic E-state index is 0.0311. The van der Waals surface area contributed by atoms with Gasteiger partial charge in [-0.05, 0) is 36.4 Å². The number of nitrogens with one attached hydrogen (secondary N) is 1. The first-order chi connectivity index (χ1) is 12.4. The molecule has 1 N–H and O–H groups in total. The predicted octanol–water partition coefficient (Wildman–Crippen LogP) is 2.37. The molecular weight excluding hydrogens is 380 g/mol. The molecule has 138 valence electrons. The van der Waals surface area contributed by atoms with Gasteiger partial charge in [0.25, 0.3) is 0 Å². The van der Waals surface area contributed by atoms with Crippen molar-refractivity contribution in [2.24, 2.45) is 0 Å². The SMILES string of the molecule is CN(CC(=O)Nc1ccc(Cl)cc1)S(=O)(=O)c1ccc2c(c1)OCCO2. The van der Waals surface area contributed by atoms with E-state index < -0.39 is 15.9 Å². The minimum Gasteiger partial charge on any atom is -0.486 e. The Morgan fingerprint density at radius 1 is 1.12 bits per heavy atom. The highest BCUT2D eigenvalue weighted by Gasteiger charge is 2.25. The van der Waals surface area contributed by atoms with Crippen LogP contribution in [-0.2, 0) is 14.8 Å². The van der Waals surface area contributed by atoms with E-state index in [1.54, 1.807) is 30.3 Å². The third kappa shape index (κ3) is 4.09. The maximum atomic E-state index is 12.7. The van der Waals surface area contributed by atoms with E-state index >= 15 is 0 Å². The predicted molar refractivity (Wildman–Crippen MR) is 97.3 cm³/mol. The van der Waals surface area contributed by atoms with Crippen LogP contribution in [0.15, 0.2) is 47.4 Å². The van der Waals surface area contributed by atoms with Gasteiger partial charge in [0, 0.05) is 23.8 Å². The standard InChI is InChI=1S/C17H17ClN2O5S/c1-20(11-17(21)19-13-4-2-12(18)3-5-13)26(22,23)14-6-7-15-16(10-14)25-9-8-24-15/h2-7,10H,8-9,11H2,1H3,(H,19,21). The van der Waals surface area contributed by atoms with Gasteiger partial charge in [-0.15, -0.1) is 0 Å². The van der Waals surface area contributed by atoms with Crippen LogP contribution in [0, 0.1) is 0 Å². The lowest BCUT2D eigenvalue weighted by Crippen LogP contribution is -2.35. The molecule has 0 radical (unpaired) electrons. The summed E-state index contributed by atoms with van der Waals surface area (Å²) in [5.41, 5.74) is 0.532. The van der Waals surface area contributed by atoms with Gasteiger partial charge in [0.2, 0.25) is 15.9 Å². The number of hydrogen-bond donors (Lipinski definition) is 1. The van der Waals surface area contributed by atoms with Crippen molar-refractivity contribution in [3.63, 3.8) is 0 Å². The van der Waals surface area contributed by atoms with Crippen molar-refractivity contribution in [1.29, 1.82) is 0 Å². The van der Waals surface area contributed by atoms with Crippen LogP contribution in [0.5, 0.6) is 11.5 Å². The summed E-state index contributed by atoms with van der Waals surface area (Å²) in [6.07, 6.45) is 0. The largest absolute Gasteiger partial charge is 0.486 e. The molecule has 3 rings (SSSR count). The van der Waals surface area contributed by atoms with Gasteiger partial charge in [0.05, 0.1) is 11.4 Å². The number of amides is 1. The topological polar surface area (TPSA) is 84.9 Å². The van der Waals surface area contributed by atoms with Gasteiger partial charge in [-0.25, -0.2) is 8.42 Å². The van der Waals surface area contributed by atoms with Crippen LogP contribution in [0.25, 0.3) is 0 Å². The molecule has 0 saturated carbocycles. The first-order valence-electron chi connectivity index (χ1n) is 7.78. The lowest BCUT2D eigenvalue weighted by Gasteiger charge is -2.21. The molecular formula is C17H17ClN2O5S. The number of ether oxygens (including phenoxy) is 2. The number of anilines is 1. The number of nitrogens with zero attached hydrogens (tertiary/aromatic N) is 1. The molecule has 0 aromatic heterocycles. The number of fused-ring (bicyclic) bond motifs is 1. The summed E-state index contributed by atoms with van der Waals surface area (Å²) < 4.78 is 37.1. The van der Waals surface area contributed by atoms with Crippen molar-refractivity contribution in [3.05, 3.63) is 47.5 Å². The molecule has 1 aliphatic rings. The van der Waals surface area contributed by atoms with E-state index in [4.69, 9.17) is 21.1 Å². The highest BCUT2D eigenvalue weighted by atomic mass is 35.5. The first kappa shape index (κ1) is 18.5. The van der Waals surface area contributed by atoms with Crippen molar-refractivity contribution in [1.82, 2.24) is 4.31 Å². The molecule has 2 aromatic carbocycles. The molecule has 0 saturated heterocycles. The highest BCUT2D eigenvalue weighted by molar-refractivity contribution is 7.89. The highest BCUT2D eigenvalue weighted by Crippen LogP contribution is 2.32. The van der Waals surface area contributed by atoms with Crippen LogP contribution in [-0.4, -0.2) is 45.4 Å². The van der Waals surface area contributed by atoms with E-state index in [2.05, 4.69) is 5.32 Å². The molecule has 1 amide bonds. The number of hydrogen-bond acceptors (Lipinski definition) is 5. The van der Waals surface area contributed by atoms with Gasteiger partial charge < -0.3 is 14.8 Å². The fourth-order valence-corrected chi connectivity index (χ4v) is 3.65. The Morgan fingerprint density at radius 3 is 2.46 bits per heavy atom. The first-order valence-corrected chi connectivity index (χ1v) is 9.59. The molecule has 26 heavy (non-hydrogen) atoms. The second kappa shape index (κ2) is 7.53. The third-order valence-corrected chi connectivity index (χ3v) is 5.77. The summed E-state index contributed by atoms with van der Waals surface area (Å²) in [4.78, 5) is 12.2. The Bertz CT molecular complexity index is 915. The van der Waals surface area contributed by atoms with Gasteiger partial charge >= 0.3 is 0 Å². The second-order valence-electron chi connectivity index (χ2n) is 5.62. The summed E-state index contributed by atoms with van der Waals surface area (Å²) in [7, 11) is -2.51.